The number of carbonyl (C=O) groups excluding carboxylic acids is 1. The van der Waals surface area contributed by atoms with Crippen LogP contribution in [0, 0.1) is 13.8 Å². The van der Waals surface area contributed by atoms with E-state index in [2.05, 4.69) is 46.5 Å². The Labute approximate surface area is 204 Å². The number of aromatic amines is 1. The number of carbonyl (C=O) groups is 1. The summed E-state index contributed by atoms with van der Waals surface area (Å²) < 4.78 is 0.897. The van der Waals surface area contributed by atoms with E-state index in [9.17, 15) is 4.79 Å². The lowest BCUT2D eigenvalue weighted by molar-refractivity contribution is 0.0977. The Morgan fingerprint density at radius 3 is 2.55 bits per heavy atom. The van der Waals surface area contributed by atoms with Gasteiger partial charge >= 0.3 is 0 Å². The van der Waals surface area contributed by atoms with Crippen LogP contribution in [-0.2, 0) is 6.42 Å². The van der Waals surface area contributed by atoms with E-state index in [1.165, 1.54) is 0 Å². The number of fused-ring (bicyclic) bond motifs is 1. The summed E-state index contributed by atoms with van der Waals surface area (Å²) >= 11 is 9.54. The van der Waals surface area contributed by atoms with E-state index in [1.54, 1.807) is 12.1 Å². The Morgan fingerprint density at radius 1 is 1.09 bits per heavy atom. The zero-order chi connectivity index (χ0) is 23.4. The number of aromatic nitrogens is 3. The quantitative estimate of drug-likeness (QED) is 0.239. The summed E-state index contributed by atoms with van der Waals surface area (Å²) in [6.45, 7) is 4.21. The van der Waals surface area contributed by atoms with Crippen LogP contribution in [0.15, 0.2) is 64.2 Å². The minimum atomic E-state index is -0.281. The first-order valence-electron chi connectivity index (χ1n) is 10.3. The number of nitrogens with zero attached hydrogens (tertiary/aromatic N) is 3. The van der Waals surface area contributed by atoms with Crippen LogP contribution in [-0.4, -0.2) is 33.4 Å². The van der Waals surface area contributed by atoms with E-state index in [0.29, 0.717) is 29.5 Å². The minimum absolute atomic E-state index is 0.281. The molecule has 0 spiro atoms. The fourth-order valence-corrected chi connectivity index (χ4v) is 3.86. The third-order valence-electron chi connectivity index (χ3n) is 4.93. The van der Waals surface area contributed by atoms with Crippen LogP contribution < -0.4 is 10.6 Å². The molecule has 7 nitrogen and oxygen atoms in total. The number of hydrogen-bond acceptors (Lipinski definition) is 4. The molecule has 2 heterocycles. The Balaban J connectivity index is 1.55. The number of hydrogen-bond donors (Lipinski definition) is 3. The van der Waals surface area contributed by atoms with Gasteiger partial charge in [0.15, 0.2) is 0 Å². The van der Waals surface area contributed by atoms with Crippen LogP contribution in [0.4, 0.5) is 5.95 Å². The van der Waals surface area contributed by atoms with Crippen molar-refractivity contribution in [1.29, 1.82) is 0 Å². The fraction of sp³-hybridized carbons (Fsp3) is 0.167. The molecule has 4 rings (SSSR count). The Bertz CT molecular complexity index is 1310. The van der Waals surface area contributed by atoms with Crippen molar-refractivity contribution < 1.29 is 4.79 Å². The Hall–Kier alpha value is -3.23. The highest BCUT2D eigenvalue weighted by Crippen LogP contribution is 2.22. The van der Waals surface area contributed by atoms with E-state index in [0.717, 1.165) is 32.3 Å². The maximum atomic E-state index is 12.8. The molecule has 3 N–H and O–H groups in total. The van der Waals surface area contributed by atoms with Gasteiger partial charge in [0.05, 0.1) is 0 Å². The third kappa shape index (κ3) is 5.97. The van der Waals surface area contributed by atoms with E-state index < -0.39 is 0 Å². The molecule has 1 amide bonds. The number of aliphatic imine (C=N–C) groups is 1. The maximum Gasteiger partial charge on any atom is 0.257 e. The zero-order valence-corrected chi connectivity index (χ0v) is 20.5. The number of amides is 1. The molecule has 4 aromatic rings. The molecule has 0 aliphatic heterocycles. The predicted octanol–water partition coefficient (Wildman–Crippen LogP) is 5.43. The average Bonchev–Trinajstić information content (AvgIpc) is 3.15. The van der Waals surface area contributed by atoms with Crippen molar-refractivity contribution in [2.24, 2.45) is 4.99 Å². The van der Waals surface area contributed by atoms with Crippen LogP contribution in [0.3, 0.4) is 0 Å². The number of anilines is 1. The van der Waals surface area contributed by atoms with Crippen LogP contribution in [0.25, 0.3) is 10.9 Å². The van der Waals surface area contributed by atoms with Crippen molar-refractivity contribution >= 4 is 56.2 Å². The number of aryl methyl sites for hydroxylation is 2. The van der Waals surface area contributed by atoms with Crippen LogP contribution in [0.2, 0.25) is 5.02 Å². The molecule has 2 aromatic heterocycles. The molecular formula is C24H22BrClN6O. The molecule has 0 saturated heterocycles. The molecule has 2 aromatic carbocycles. The molecule has 0 bridgehead atoms. The maximum absolute atomic E-state index is 12.8. The third-order valence-corrected chi connectivity index (χ3v) is 5.70. The summed E-state index contributed by atoms with van der Waals surface area (Å²) in [6.07, 6.45) is 2.62. The topological polar surface area (TPSA) is 95.1 Å². The molecule has 168 valence electrons. The Kier molecular flexibility index (Phi) is 7.05. The molecule has 0 aliphatic carbocycles. The van der Waals surface area contributed by atoms with Crippen LogP contribution in [0.5, 0.6) is 0 Å². The second kappa shape index (κ2) is 10.1. The first-order valence-corrected chi connectivity index (χ1v) is 11.5. The predicted molar refractivity (Wildman–Crippen MR) is 136 cm³/mol. The van der Waals surface area contributed by atoms with Gasteiger partial charge in [-0.25, -0.2) is 9.97 Å². The molecule has 0 saturated carbocycles. The lowest BCUT2D eigenvalue weighted by Gasteiger charge is -2.12. The SMILES string of the molecule is Cc1cc(C)nc(NC(=NCCc2c[nH]c3ccc(Cl)cc23)NC(=O)c2ccc(Br)cc2)n1. The molecule has 0 aliphatic rings. The summed E-state index contributed by atoms with van der Waals surface area (Å²) in [5.41, 5.74) is 4.26. The largest absolute Gasteiger partial charge is 0.361 e. The molecule has 9 heteroatoms. The fourth-order valence-electron chi connectivity index (χ4n) is 3.42. The van der Waals surface area contributed by atoms with Crippen molar-refractivity contribution in [3.8, 4) is 0 Å². The standard InChI is InChI=1S/C24H22BrClN6O/c1-14-11-15(2)30-24(29-14)32-23(31-22(33)16-3-5-18(25)6-4-16)27-10-9-17-13-28-21-8-7-19(26)12-20(17)21/h3-8,11-13,28H,9-10H2,1-2H3,(H2,27,29,30,31,32,33). The van der Waals surface area contributed by atoms with E-state index in [1.807, 2.05) is 56.4 Å². The number of benzene rings is 2. The van der Waals surface area contributed by atoms with Crippen molar-refractivity contribution in [1.82, 2.24) is 20.3 Å². The first kappa shape index (κ1) is 22.9. The van der Waals surface area contributed by atoms with Crippen molar-refractivity contribution in [3.05, 3.63) is 86.7 Å². The summed E-state index contributed by atoms with van der Waals surface area (Å²) in [4.78, 5) is 29.4. The van der Waals surface area contributed by atoms with Gasteiger partial charge in [0.25, 0.3) is 5.91 Å². The molecule has 0 unspecified atom stereocenters. The van der Waals surface area contributed by atoms with E-state index >= 15 is 0 Å². The number of halogens is 2. The van der Waals surface area contributed by atoms with Crippen molar-refractivity contribution in [3.63, 3.8) is 0 Å². The highest BCUT2D eigenvalue weighted by molar-refractivity contribution is 9.10. The normalized spacial score (nSPS) is 11.6. The monoisotopic (exact) mass is 524 g/mol. The van der Waals surface area contributed by atoms with Gasteiger partial charge in [-0.05, 0) is 74.4 Å². The van der Waals surface area contributed by atoms with Crippen molar-refractivity contribution in [2.75, 3.05) is 11.9 Å². The second-order valence-corrected chi connectivity index (χ2v) is 8.90. The van der Waals surface area contributed by atoms with E-state index in [4.69, 9.17) is 11.6 Å². The van der Waals surface area contributed by atoms with Gasteiger partial charge in [-0.2, -0.15) is 0 Å². The van der Waals surface area contributed by atoms with Gasteiger partial charge in [0, 0.05) is 50.1 Å². The average molecular weight is 526 g/mol. The molecule has 0 fully saturated rings. The smallest absolute Gasteiger partial charge is 0.257 e. The van der Waals surface area contributed by atoms with Gasteiger partial charge in [-0.1, -0.05) is 27.5 Å². The van der Waals surface area contributed by atoms with Crippen LogP contribution in [0.1, 0.15) is 27.3 Å². The number of rotatable bonds is 5. The summed E-state index contributed by atoms with van der Waals surface area (Å²) in [5.74, 6) is 0.379. The number of nitrogens with one attached hydrogen (secondary N) is 3. The summed E-state index contributed by atoms with van der Waals surface area (Å²) in [7, 11) is 0. The lowest BCUT2D eigenvalue weighted by atomic mass is 10.1. The Morgan fingerprint density at radius 2 is 1.82 bits per heavy atom. The van der Waals surface area contributed by atoms with E-state index in [-0.39, 0.29) is 11.9 Å². The number of H-pyrrole nitrogens is 1. The molecule has 0 radical (unpaired) electrons. The van der Waals surface area contributed by atoms with Gasteiger partial charge in [0.2, 0.25) is 11.9 Å². The van der Waals surface area contributed by atoms with Gasteiger partial charge in [0.1, 0.15) is 0 Å². The van der Waals surface area contributed by atoms with Gasteiger partial charge in [-0.15, -0.1) is 0 Å². The molecular weight excluding hydrogens is 504 g/mol. The van der Waals surface area contributed by atoms with Crippen LogP contribution >= 0.6 is 27.5 Å². The highest BCUT2D eigenvalue weighted by Gasteiger charge is 2.12. The zero-order valence-electron chi connectivity index (χ0n) is 18.1. The molecule has 0 atom stereocenters. The molecule has 33 heavy (non-hydrogen) atoms. The van der Waals surface area contributed by atoms with Gasteiger partial charge < -0.3 is 4.98 Å². The highest BCUT2D eigenvalue weighted by atomic mass is 79.9. The number of guanidine groups is 1. The lowest BCUT2D eigenvalue weighted by Crippen LogP contribution is -2.37. The first-order chi connectivity index (χ1) is 15.9. The minimum Gasteiger partial charge on any atom is -0.361 e. The van der Waals surface area contributed by atoms with Crippen molar-refractivity contribution in [2.45, 2.75) is 20.3 Å². The van der Waals surface area contributed by atoms with Gasteiger partial charge in [-0.3, -0.25) is 20.4 Å². The summed E-state index contributed by atoms with van der Waals surface area (Å²) in [6, 6.07) is 14.7. The summed E-state index contributed by atoms with van der Waals surface area (Å²) in [5, 5.41) is 7.64. The second-order valence-electron chi connectivity index (χ2n) is 7.54.